The summed E-state index contributed by atoms with van der Waals surface area (Å²) in [6.45, 7) is 0. The van der Waals surface area contributed by atoms with E-state index in [2.05, 4.69) is 132 Å². The van der Waals surface area contributed by atoms with Crippen LogP contribution in [0, 0.1) is 0 Å². The molecule has 0 aliphatic heterocycles. The summed E-state index contributed by atoms with van der Waals surface area (Å²) in [6, 6.07) is 62.5. The lowest BCUT2D eigenvalue weighted by Crippen LogP contribution is -2.01. The summed E-state index contributed by atoms with van der Waals surface area (Å²) in [7, 11) is 0. The number of hydrogen-bond acceptors (Lipinski definition) is 4. The molecular formula is C57H36N4S. The molecular weight excluding hydrogens is 773 g/mol. The van der Waals surface area contributed by atoms with Crippen molar-refractivity contribution < 1.29 is 6.85 Å². The molecule has 9 aromatic carbocycles. The minimum atomic E-state index is -0.485. The van der Waals surface area contributed by atoms with Crippen LogP contribution in [0.15, 0.2) is 218 Å². The zero-order chi connectivity index (χ0) is 45.3. The summed E-state index contributed by atoms with van der Waals surface area (Å²) < 4.78 is 48.0. The molecule has 0 fully saturated rings. The molecule has 12 aromatic rings. The third-order valence-electron chi connectivity index (χ3n) is 11.6. The number of benzene rings is 9. The highest BCUT2D eigenvalue weighted by Crippen LogP contribution is 2.46. The molecule has 0 spiro atoms. The first-order valence-electron chi connectivity index (χ1n) is 22.9. The van der Waals surface area contributed by atoms with E-state index in [9.17, 15) is 0 Å². The fourth-order valence-corrected chi connectivity index (χ4v) is 9.95. The van der Waals surface area contributed by atoms with Crippen LogP contribution in [-0.2, 0) is 0 Å². The van der Waals surface area contributed by atoms with Gasteiger partial charge in [0.2, 0.25) is 0 Å². The van der Waals surface area contributed by atoms with Crippen molar-refractivity contribution >= 4 is 53.3 Å². The SMILES string of the molecule is [2H]c1c([2H])c([2H])c(-c2nc(-c3ccc(-c4ccc(-c5ccccc5)cc4)cc3)nc(-c3cc(-n4c5ccccc5c5ccccc54)cc4c3sc3c(-c5ccccc5)cccc34)n2)c([2H])c1[2H]. The first kappa shape index (κ1) is 31.0. The molecule has 0 bridgehead atoms. The van der Waals surface area contributed by atoms with Crippen LogP contribution >= 0.6 is 11.3 Å². The van der Waals surface area contributed by atoms with Crippen molar-refractivity contribution in [2.75, 3.05) is 0 Å². The van der Waals surface area contributed by atoms with Gasteiger partial charge in [-0.3, -0.25) is 0 Å². The van der Waals surface area contributed by atoms with Gasteiger partial charge in [-0.25, -0.2) is 15.0 Å². The Morgan fingerprint density at radius 1 is 0.355 bits per heavy atom. The Morgan fingerprint density at radius 3 is 1.47 bits per heavy atom. The van der Waals surface area contributed by atoms with Crippen molar-refractivity contribution in [1.82, 2.24) is 19.5 Å². The van der Waals surface area contributed by atoms with Crippen molar-refractivity contribution in [3.05, 3.63) is 218 Å². The summed E-state index contributed by atoms with van der Waals surface area (Å²) >= 11 is 1.66. The molecule has 5 heteroatoms. The van der Waals surface area contributed by atoms with Gasteiger partial charge in [-0.2, -0.15) is 0 Å². The molecule has 0 N–H and O–H groups in total. The van der Waals surface area contributed by atoms with Crippen LogP contribution in [0.5, 0.6) is 0 Å². The predicted octanol–water partition coefficient (Wildman–Crippen LogP) is 15.3. The monoisotopic (exact) mass is 813 g/mol. The predicted molar refractivity (Wildman–Crippen MR) is 260 cm³/mol. The van der Waals surface area contributed by atoms with Crippen LogP contribution < -0.4 is 0 Å². The van der Waals surface area contributed by atoms with Crippen LogP contribution in [0.1, 0.15) is 6.85 Å². The fraction of sp³-hybridized carbons (Fsp3) is 0. The van der Waals surface area contributed by atoms with Crippen molar-refractivity contribution in [2.45, 2.75) is 0 Å². The largest absolute Gasteiger partial charge is 0.309 e. The topological polar surface area (TPSA) is 43.6 Å². The molecule has 0 aliphatic carbocycles. The zero-order valence-electron chi connectivity index (χ0n) is 38.1. The average Bonchev–Trinajstić information content (AvgIpc) is 3.94. The number of thiophene rings is 1. The minimum absolute atomic E-state index is 0.0147. The summed E-state index contributed by atoms with van der Waals surface area (Å²) in [5, 5.41) is 4.35. The van der Waals surface area contributed by atoms with E-state index in [1.54, 1.807) is 11.3 Å². The van der Waals surface area contributed by atoms with E-state index < -0.39 is 18.1 Å². The Bertz CT molecular complexity index is 3820. The van der Waals surface area contributed by atoms with E-state index in [0.717, 1.165) is 86.6 Å². The molecule has 0 saturated carbocycles. The quantitative estimate of drug-likeness (QED) is 0.161. The lowest BCUT2D eigenvalue weighted by atomic mass is 9.99. The second-order valence-electron chi connectivity index (χ2n) is 15.2. The Hall–Kier alpha value is -7.99. The molecule has 290 valence electrons. The second-order valence-corrected chi connectivity index (χ2v) is 16.2. The summed E-state index contributed by atoms with van der Waals surface area (Å²) in [6.07, 6.45) is 0. The summed E-state index contributed by atoms with van der Waals surface area (Å²) in [5.41, 5.74) is 10.8. The Morgan fingerprint density at radius 2 is 0.839 bits per heavy atom. The Labute approximate surface area is 369 Å². The minimum Gasteiger partial charge on any atom is -0.309 e. The van der Waals surface area contributed by atoms with Gasteiger partial charge in [-0.15, -0.1) is 11.3 Å². The Kier molecular flexibility index (Phi) is 7.46. The van der Waals surface area contributed by atoms with Crippen LogP contribution in [-0.4, -0.2) is 19.5 Å². The number of fused-ring (bicyclic) bond motifs is 6. The van der Waals surface area contributed by atoms with Gasteiger partial charge in [0.15, 0.2) is 17.5 Å². The lowest BCUT2D eigenvalue weighted by molar-refractivity contribution is 1.07. The van der Waals surface area contributed by atoms with Gasteiger partial charge < -0.3 is 4.57 Å². The van der Waals surface area contributed by atoms with E-state index in [4.69, 9.17) is 21.8 Å². The lowest BCUT2D eigenvalue weighted by Gasteiger charge is -2.13. The van der Waals surface area contributed by atoms with Crippen molar-refractivity contribution in [1.29, 1.82) is 0 Å². The van der Waals surface area contributed by atoms with E-state index in [1.165, 1.54) is 0 Å². The first-order valence-corrected chi connectivity index (χ1v) is 21.3. The molecule has 0 atom stereocenters. The van der Waals surface area contributed by atoms with Crippen LogP contribution in [0.4, 0.5) is 0 Å². The maximum absolute atomic E-state index is 9.03. The second kappa shape index (κ2) is 14.9. The molecule has 3 heterocycles. The molecule has 3 aromatic heterocycles. The van der Waals surface area contributed by atoms with Gasteiger partial charge >= 0.3 is 0 Å². The van der Waals surface area contributed by atoms with Gasteiger partial charge in [0.1, 0.15) is 0 Å². The molecule has 0 radical (unpaired) electrons. The van der Waals surface area contributed by atoms with Gasteiger partial charge in [-0.05, 0) is 57.6 Å². The highest BCUT2D eigenvalue weighted by Gasteiger charge is 2.21. The van der Waals surface area contributed by atoms with Crippen molar-refractivity contribution in [3.8, 4) is 73.2 Å². The normalized spacial score (nSPS) is 12.7. The standard InChI is InChI=1S/C57H36N4S/c1-4-15-37(16-5-1)38-27-29-39(30-28-38)40-31-33-43(34-32-40)56-58-55(42-19-8-3-9-20-42)59-57(60-56)50-36-44(61-51-25-12-10-21-46(51)47-22-11-13-26-52(47)61)35-49-48-24-14-23-45(53(48)62-54(49)50)41-17-6-2-7-18-41/h1-36H/i3D,8D,9D,19D,20D. The molecule has 0 unspecified atom stereocenters. The third kappa shape index (κ3) is 6.18. The van der Waals surface area contributed by atoms with Crippen molar-refractivity contribution in [3.63, 3.8) is 0 Å². The van der Waals surface area contributed by atoms with Gasteiger partial charge in [-0.1, -0.05) is 194 Å². The zero-order valence-corrected chi connectivity index (χ0v) is 33.9. The van der Waals surface area contributed by atoms with Crippen molar-refractivity contribution in [2.24, 2.45) is 0 Å². The number of para-hydroxylation sites is 2. The average molecular weight is 814 g/mol. The van der Waals surface area contributed by atoms with Crippen LogP contribution in [0.3, 0.4) is 0 Å². The first-order chi connectivity index (χ1) is 32.8. The summed E-state index contributed by atoms with van der Waals surface area (Å²) in [4.78, 5) is 15.2. The molecule has 0 amide bonds. The van der Waals surface area contributed by atoms with Crippen LogP contribution in [0.2, 0.25) is 0 Å². The maximum Gasteiger partial charge on any atom is 0.165 e. The van der Waals surface area contributed by atoms with Gasteiger partial charge in [0.05, 0.1) is 17.9 Å². The van der Waals surface area contributed by atoms with E-state index in [1.807, 2.05) is 60.7 Å². The third-order valence-corrected chi connectivity index (χ3v) is 12.9. The smallest absolute Gasteiger partial charge is 0.165 e. The van der Waals surface area contributed by atoms with E-state index in [0.29, 0.717) is 17.2 Å². The fourth-order valence-electron chi connectivity index (χ4n) is 8.62. The van der Waals surface area contributed by atoms with E-state index >= 15 is 0 Å². The highest BCUT2D eigenvalue weighted by molar-refractivity contribution is 7.26. The van der Waals surface area contributed by atoms with E-state index in [-0.39, 0.29) is 23.5 Å². The molecule has 12 rings (SSSR count). The number of hydrogen-bond donors (Lipinski definition) is 0. The summed E-state index contributed by atoms with van der Waals surface area (Å²) in [5.74, 6) is 0.603. The molecule has 0 saturated heterocycles. The molecule has 0 aliphatic rings. The molecule has 62 heavy (non-hydrogen) atoms. The molecule has 4 nitrogen and oxygen atoms in total. The highest BCUT2D eigenvalue weighted by atomic mass is 32.1. The number of rotatable bonds is 7. The Balaban J connectivity index is 1.11. The number of aromatic nitrogens is 4. The van der Waals surface area contributed by atoms with Gasteiger partial charge in [0, 0.05) is 53.3 Å². The van der Waals surface area contributed by atoms with Crippen LogP contribution in [0.25, 0.3) is 115 Å². The van der Waals surface area contributed by atoms with Gasteiger partial charge in [0.25, 0.3) is 0 Å². The maximum atomic E-state index is 9.03. The number of nitrogens with zero attached hydrogens (tertiary/aromatic N) is 4.